The molecular formula is C12H15FN4O. The number of aromatic nitrogens is 3. The van der Waals surface area contributed by atoms with Gasteiger partial charge in [-0.3, -0.25) is 5.10 Å². The molecule has 0 saturated carbocycles. The number of benzene rings is 1. The minimum absolute atomic E-state index is 0.111. The van der Waals surface area contributed by atoms with Gasteiger partial charge in [0.15, 0.2) is 5.82 Å². The van der Waals surface area contributed by atoms with Gasteiger partial charge in [0.1, 0.15) is 23.5 Å². The van der Waals surface area contributed by atoms with Gasteiger partial charge in [-0.15, -0.1) is 0 Å². The van der Waals surface area contributed by atoms with E-state index in [4.69, 9.17) is 10.5 Å². The molecule has 0 amide bonds. The summed E-state index contributed by atoms with van der Waals surface area (Å²) in [5.41, 5.74) is 5.50. The van der Waals surface area contributed by atoms with Gasteiger partial charge in [-0.1, -0.05) is 0 Å². The normalized spacial score (nSPS) is 12.4. The lowest BCUT2D eigenvalue weighted by Gasteiger charge is -2.13. The average Bonchev–Trinajstić information content (AvgIpc) is 2.69. The van der Waals surface area contributed by atoms with Gasteiger partial charge in [0, 0.05) is 12.5 Å². The molecule has 18 heavy (non-hydrogen) atoms. The molecule has 0 radical (unpaired) electrons. The summed E-state index contributed by atoms with van der Waals surface area (Å²) >= 11 is 0. The van der Waals surface area contributed by atoms with Gasteiger partial charge in [0.25, 0.3) is 0 Å². The quantitative estimate of drug-likeness (QED) is 0.812. The van der Waals surface area contributed by atoms with Crippen LogP contribution in [0, 0.1) is 12.7 Å². The summed E-state index contributed by atoms with van der Waals surface area (Å²) in [6.07, 6.45) is 0.402. The highest BCUT2D eigenvalue weighted by Gasteiger charge is 2.10. The predicted octanol–water partition coefficient (Wildman–Crippen LogP) is 1.84. The van der Waals surface area contributed by atoms with E-state index in [9.17, 15) is 4.39 Å². The molecule has 0 aliphatic heterocycles. The number of nitrogens with zero attached hydrogens (tertiary/aromatic N) is 2. The Bertz CT molecular complexity index is 541. The van der Waals surface area contributed by atoms with Crippen LogP contribution in [0.3, 0.4) is 0 Å². The third-order valence-electron chi connectivity index (χ3n) is 2.42. The Morgan fingerprint density at radius 2 is 2.28 bits per heavy atom. The fraction of sp³-hybridized carbons (Fsp3) is 0.333. The number of hydrogen-bond donors (Lipinski definition) is 2. The molecule has 1 aromatic carbocycles. The van der Waals surface area contributed by atoms with E-state index >= 15 is 0 Å². The molecule has 96 valence electrons. The summed E-state index contributed by atoms with van der Waals surface area (Å²) < 4.78 is 18.8. The van der Waals surface area contributed by atoms with Gasteiger partial charge in [0.2, 0.25) is 0 Å². The number of aromatic amines is 1. The van der Waals surface area contributed by atoms with Crippen LogP contribution in [0.25, 0.3) is 0 Å². The molecule has 0 spiro atoms. The highest BCUT2D eigenvalue weighted by Crippen LogP contribution is 2.19. The highest BCUT2D eigenvalue weighted by molar-refractivity contribution is 5.43. The molecule has 2 aromatic rings. The first-order valence-electron chi connectivity index (χ1n) is 5.64. The second-order valence-electron chi connectivity index (χ2n) is 4.15. The Hall–Kier alpha value is -2.11. The predicted molar refractivity (Wildman–Crippen MR) is 65.7 cm³/mol. The van der Waals surface area contributed by atoms with Crippen molar-refractivity contribution in [1.82, 2.24) is 15.2 Å². The number of hydrogen-bond acceptors (Lipinski definition) is 4. The molecule has 0 unspecified atom stereocenters. The lowest BCUT2D eigenvalue weighted by atomic mass is 10.2. The van der Waals surface area contributed by atoms with Gasteiger partial charge in [-0.25, -0.2) is 9.37 Å². The maximum Gasteiger partial charge on any atom is 0.154 e. The zero-order valence-corrected chi connectivity index (χ0v) is 10.3. The van der Waals surface area contributed by atoms with E-state index < -0.39 is 5.82 Å². The summed E-state index contributed by atoms with van der Waals surface area (Å²) in [7, 11) is 0. The van der Waals surface area contributed by atoms with Crippen molar-refractivity contribution in [3.05, 3.63) is 35.7 Å². The van der Waals surface area contributed by atoms with Crippen molar-refractivity contribution in [3.63, 3.8) is 0 Å². The van der Waals surface area contributed by atoms with E-state index in [1.54, 1.807) is 6.07 Å². The first-order valence-corrected chi connectivity index (χ1v) is 5.64. The highest BCUT2D eigenvalue weighted by atomic mass is 19.1. The summed E-state index contributed by atoms with van der Waals surface area (Å²) in [4.78, 5) is 4.18. The van der Waals surface area contributed by atoms with E-state index in [2.05, 4.69) is 15.2 Å². The summed E-state index contributed by atoms with van der Waals surface area (Å²) in [6, 6.07) is 4.39. The largest absolute Gasteiger partial charge is 0.490 e. The second kappa shape index (κ2) is 5.03. The van der Waals surface area contributed by atoms with Crippen LogP contribution in [0.1, 0.15) is 18.6 Å². The van der Waals surface area contributed by atoms with Crippen LogP contribution >= 0.6 is 0 Å². The Morgan fingerprint density at radius 3 is 2.89 bits per heavy atom. The molecule has 0 fully saturated rings. The Kier molecular flexibility index (Phi) is 3.45. The molecule has 1 heterocycles. The van der Waals surface area contributed by atoms with Gasteiger partial charge in [-0.05, 0) is 26.0 Å². The van der Waals surface area contributed by atoms with Crippen molar-refractivity contribution >= 4 is 5.69 Å². The molecule has 0 aliphatic rings. The first kappa shape index (κ1) is 12.3. The number of nitrogens with one attached hydrogen (secondary N) is 1. The Balaban J connectivity index is 1.98. The molecule has 6 heteroatoms. The van der Waals surface area contributed by atoms with Crippen LogP contribution in [0.15, 0.2) is 18.2 Å². The van der Waals surface area contributed by atoms with E-state index in [1.165, 1.54) is 12.1 Å². The fourth-order valence-corrected chi connectivity index (χ4v) is 1.59. The number of halogens is 1. The van der Waals surface area contributed by atoms with Crippen LogP contribution in [0.4, 0.5) is 10.1 Å². The third kappa shape index (κ3) is 2.97. The molecule has 1 atom stereocenters. The number of aryl methyl sites for hydroxylation is 1. The molecular weight excluding hydrogens is 235 g/mol. The molecule has 1 aromatic heterocycles. The summed E-state index contributed by atoms with van der Waals surface area (Å²) in [5, 5.41) is 6.78. The van der Waals surface area contributed by atoms with Crippen molar-refractivity contribution in [2.45, 2.75) is 26.4 Å². The van der Waals surface area contributed by atoms with Gasteiger partial charge >= 0.3 is 0 Å². The third-order valence-corrected chi connectivity index (χ3v) is 2.42. The topological polar surface area (TPSA) is 76.8 Å². The van der Waals surface area contributed by atoms with E-state index in [1.807, 2.05) is 13.8 Å². The standard InChI is InChI=1S/C12H15FN4O/c1-7(5-12-15-8(2)16-17-12)18-9-3-4-11(14)10(13)6-9/h3-4,6-7H,5,14H2,1-2H3,(H,15,16,17)/t7-/m1/s1. The number of nitrogen functional groups attached to an aromatic ring is 1. The average molecular weight is 250 g/mol. The molecule has 0 aliphatic carbocycles. The number of H-pyrrole nitrogens is 1. The maximum atomic E-state index is 13.2. The van der Waals surface area contributed by atoms with Crippen LogP contribution in [-0.2, 0) is 6.42 Å². The van der Waals surface area contributed by atoms with Crippen molar-refractivity contribution < 1.29 is 9.13 Å². The molecule has 2 rings (SSSR count). The van der Waals surface area contributed by atoms with E-state index in [-0.39, 0.29) is 11.8 Å². The van der Waals surface area contributed by atoms with Gasteiger partial charge in [-0.2, -0.15) is 5.10 Å². The van der Waals surface area contributed by atoms with E-state index in [0.717, 1.165) is 5.82 Å². The van der Waals surface area contributed by atoms with Crippen LogP contribution in [0.5, 0.6) is 5.75 Å². The van der Waals surface area contributed by atoms with E-state index in [0.29, 0.717) is 18.0 Å². The SMILES string of the molecule is Cc1nc(C[C@@H](C)Oc2ccc(N)c(F)c2)n[nH]1. The maximum absolute atomic E-state index is 13.2. The number of nitrogens with two attached hydrogens (primary N) is 1. The van der Waals surface area contributed by atoms with Gasteiger partial charge < -0.3 is 10.5 Å². The minimum atomic E-state index is -0.478. The number of rotatable bonds is 4. The minimum Gasteiger partial charge on any atom is -0.490 e. The number of anilines is 1. The Labute approximate surface area is 104 Å². The van der Waals surface area contributed by atoms with Crippen molar-refractivity contribution in [2.24, 2.45) is 0 Å². The van der Waals surface area contributed by atoms with Crippen molar-refractivity contribution in [3.8, 4) is 5.75 Å². The van der Waals surface area contributed by atoms with Crippen LogP contribution < -0.4 is 10.5 Å². The summed E-state index contributed by atoms with van der Waals surface area (Å²) in [6.45, 7) is 3.71. The number of ether oxygens (including phenoxy) is 1. The fourth-order valence-electron chi connectivity index (χ4n) is 1.59. The first-order chi connectivity index (χ1) is 8.54. The smallest absolute Gasteiger partial charge is 0.154 e. The van der Waals surface area contributed by atoms with Crippen molar-refractivity contribution in [1.29, 1.82) is 0 Å². The van der Waals surface area contributed by atoms with Crippen LogP contribution in [-0.4, -0.2) is 21.3 Å². The molecule has 3 N–H and O–H groups in total. The lowest BCUT2D eigenvalue weighted by molar-refractivity contribution is 0.218. The van der Waals surface area contributed by atoms with Crippen LogP contribution in [0.2, 0.25) is 0 Å². The Morgan fingerprint density at radius 1 is 1.50 bits per heavy atom. The zero-order chi connectivity index (χ0) is 13.1. The second-order valence-corrected chi connectivity index (χ2v) is 4.15. The molecule has 5 nitrogen and oxygen atoms in total. The van der Waals surface area contributed by atoms with Gasteiger partial charge in [0.05, 0.1) is 5.69 Å². The summed E-state index contributed by atoms with van der Waals surface area (Å²) in [5.74, 6) is 1.40. The molecule has 0 bridgehead atoms. The lowest BCUT2D eigenvalue weighted by Crippen LogP contribution is -2.16. The molecule has 0 saturated heterocycles. The monoisotopic (exact) mass is 250 g/mol. The zero-order valence-electron chi connectivity index (χ0n) is 10.3. The van der Waals surface area contributed by atoms with Crippen molar-refractivity contribution in [2.75, 3.05) is 5.73 Å².